The van der Waals surface area contributed by atoms with E-state index in [1.54, 1.807) is 27.7 Å². The van der Waals surface area contributed by atoms with Crippen molar-refractivity contribution in [1.82, 2.24) is 0 Å². The smallest absolute Gasteiger partial charge is 0.241 e. The summed E-state index contributed by atoms with van der Waals surface area (Å²) in [5.74, 6) is -3.82. The van der Waals surface area contributed by atoms with Gasteiger partial charge in [-0.15, -0.1) is 0 Å². The van der Waals surface area contributed by atoms with Gasteiger partial charge in [-0.1, -0.05) is 41.0 Å². The summed E-state index contributed by atoms with van der Waals surface area (Å²) in [5, 5.41) is 0. The molecule has 0 bridgehead atoms. The van der Waals surface area contributed by atoms with Crippen LogP contribution in [-0.2, 0) is 0 Å². The molecule has 0 aliphatic rings. The fraction of sp³-hybridized carbons (Fsp3) is 1.00. The lowest BCUT2D eigenvalue weighted by Gasteiger charge is -2.39. The highest BCUT2D eigenvalue weighted by atomic mass is 19.3. The summed E-state index contributed by atoms with van der Waals surface area (Å²) < 4.78 is 41.6. The Labute approximate surface area is 91.3 Å². The van der Waals surface area contributed by atoms with Crippen LogP contribution in [0.1, 0.15) is 53.9 Å². The summed E-state index contributed by atoms with van der Waals surface area (Å²) in [4.78, 5) is 0. The fourth-order valence-corrected chi connectivity index (χ4v) is 1.62. The fourth-order valence-electron chi connectivity index (χ4n) is 1.62. The lowest BCUT2D eigenvalue weighted by Crippen LogP contribution is -2.48. The molecule has 0 N–H and O–H groups in total. The van der Waals surface area contributed by atoms with Crippen LogP contribution < -0.4 is 0 Å². The SMILES string of the molecule is CCC(C)C(F)C(F)(F)C(C)(CC)CC. The van der Waals surface area contributed by atoms with Gasteiger partial charge in [0.15, 0.2) is 6.17 Å². The zero-order valence-electron chi connectivity index (χ0n) is 10.4. The Morgan fingerprint density at radius 1 is 1.07 bits per heavy atom. The minimum atomic E-state index is -3.23. The Morgan fingerprint density at radius 2 is 1.47 bits per heavy atom. The van der Waals surface area contributed by atoms with Crippen LogP contribution in [0.4, 0.5) is 13.2 Å². The molecular formula is C12H23F3. The van der Waals surface area contributed by atoms with Crippen LogP contribution in [0.3, 0.4) is 0 Å². The Kier molecular flexibility index (Phi) is 5.15. The third-order valence-corrected chi connectivity index (χ3v) is 3.86. The summed E-state index contributed by atoms with van der Waals surface area (Å²) in [6, 6.07) is 0. The topological polar surface area (TPSA) is 0 Å². The van der Waals surface area contributed by atoms with E-state index in [-0.39, 0.29) is 0 Å². The second kappa shape index (κ2) is 5.22. The first-order chi connectivity index (χ1) is 6.76. The average molecular weight is 224 g/mol. The van der Waals surface area contributed by atoms with Gasteiger partial charge in [0.05, 0.1) is 0 Å². The molecule has 0 spiro atoms. The van der Waals surface area contributed by atoms with Gasteiger partial charge in [0.2, 0.25) is 0 Å². The third-order valence-electron chi connectivity index (χ3n) is 3.86. The van der Waals surface area contributed by atoms with Crippen molar-refractivity contribution in [2.45, 2.75) is 66.0 Å². The van der Waals surface area contributed by atoms with Crippen molar-refractivity contribution in [3.05, 3.63) is 0 Å². The molecule has 2 atom stereocenters. The average Bonchev–Trinajstić information content (AvgIpc) is 2.25. The van der Waals surface area contributed by atoms with E-state index in [9.17, 15) is 13.2 Å². The Hall–Kier alpha value is -0.210. The molecule has 0 aromatic rings. The number of hydrogen-bond donors (Lipinski definition) is 0. The molecule has 15 heavy (non-hydrogen) atoms. The van der Waals surface area contributed by atoms with E-state index in [4.69, 9.17) is 0 Å². The predicted octanol–water partition coefficient (Wildman–Crippen LogP) is 4.83. The van der Waals surface area contributed by atoms with Gasteiger partial charge in [0, 0.05) is 5.41 Å². The monoisotopic (exact) mass is 224 g/mol. The molecule has 0 nitrogen and oxygen atoms in total. The van der Waals surface area contributed by atoms with Crippen LogP contribution in [0.5, 0.6) is 0 Å². The van der Waals surface area contributed by atoms with E-state index in [0.29, 0.717) is 19.3 Å². The zero-order valence-corrected chi connectivity index (χ0v) is 10.4. The molecular weight excluding hydrogens is 201 g/mol. The summed E-state index contributed by atoms with van der Waals surface area (Å²) >= 11 is 0. The Bertz CT molecular complexity index is 185. The molecule has 0 radical (unpaired) electrons. The molecule has 0 aromatic heterocycles. The summed E-state index contributed by atoms with van der Waals surface area (Å²) in [6.07, 6.45) is -0.992. The molecule has 92 valence electrons. The van der Waals surface area contributed by atoms with Gasteiger partial charge in [-0.25, -0.2) is 13.2 Å². The predicted molar refractivity (Wildman–Crippen MR) is 58.0 cm³/mol. The largest absolute Gasteiger partial charge is 0.284 e. The Balaban J connectivity index is 4.93. The van der Waals surface area contributed by atoms with Crippen molar-refractivity contribution in [3.8, 4) is 0 Å². The van der Waals surface area contributed by atoms with Gasteiger partial charge < -0.3 is 0 Å². The van der Waals surface area contributed by atoms with Crippen LogP contribution in [-0.4, -0.2) is 12.1 Å². The molecule has 0 aromatic carbocycles. The maximum absolute atomic E-state index is 13.9. The van der Waals surface area contributed by atoms with Gasteiger partial charge in [-0.2, -0.15) is 0 Å². The van der Waals surface area contributed by atoms with Crippen LogP contribution in [0.15, 0.2) is 0 Å². The lowest BCUT2D eigenvalue weighted by atomic mass is 9.74. The summed E-state index contributed by atoms with van der Waals surface area (Å²) in [6.45, 7) is 8.15. The van der Waals surface area contributed by atoms with E-state index in [0.717, 1.165) is 0 Å². The van der Waals surface area contributed by atoms with Gasteiger partial charge in [-0.3, -0.25) is 0 Å². The molecule has 0 saturated heterocycles. The number of alkyl halides is 3. The zero-order chi connectivity index (χ0) is 12.3. The highest BCUT2D eigenvalue weighted by molar-refractivity contribution is 4.94. The minimum Gasteiger partial charge on any atom is -0.241 e. The highest BCUT2D eigenvalue weighted by Gasteiger charge is 2.55. The van der Waals surface area contributed by atoms with Crippen LogP contribution >= 0.6 is 0 Å². The number of rotatable bonds is 6. The van der Waals surface area contributed by atoms with Crippen molar-refractivity contribution in [1.29, 1.82) is 0 Å². The van der Waals surface area contributed by atoms with E-state index in [2.05, 4.69) is 0 Å². The van der Waals surface area contributed by atoms with Gasteiger partial charge in [0.1, 0.15) is 0 Å². The first kappa shape index (κ1) is 14.8. The molecule has 0 aliphatic heterocycles. The first-order valence-electron chi connectivity index (χ1n) is 5.78. The summed E-state index contributed by atoms with van der Waals surface area (Å²) in [7, 11) is 0. The molecule has 0 fully saturated rings. The second-order valence-electron chi connectivity index (χ2n) is 4.68. The van der Waals surface area contributed by atoms with Crippen molar-refractivity contribution >= 4 is 0 Å². The van der Waals surface area contributed by atoms with E-state index in [1.807, 2.05) is 0 Å². The standard InChI is InChI=1S/C12H23F3/c1-6-9(4)10(13)12(14,15)11(5,7-2)8-3/h9-10H,6-8H2,1-5H3. The normalized spacial score (nSPS) is 17.6. The first-order valence-corrected chi connectivity index (χ1v) is 5.78. The summed E-state index contributed by atoms with van der Waals surface area (Å²) in [5.41, 5.74) is -1.23. The van der Waals surface area contributed by atoms with E-state index >= 15 is 0 Å². The molecule has 2 unspecified atom stereocenters. The molecule has 3 heteroatoms. The van der Waals surface area contributed by atoms with Crippen molar-refractivity contribution in [2.24, 2.45) is 11.3 Å². The van der Waals surface area contributed by atoms with Crippen LogP contribution in [0, 0.1) is 11.3 Å². The molecule has 0 rings (SSSR count). The molecule has 0 heterocycles. The quantitative estimate of drug-likeness (QED) is 0.606. The minimum absolute atomic E-state index is 0.299. The van der Waals surface area contributed by atoms with Crippen LogP contribution in [0.25, 0.3) is 0 Å². The van der Waals surface area contributed by atoms with Gasteiger partial charge in [-0.05, 0) is 18.8 Å². The van der Waals surface area contributed by atoms with Gasteiger partial charge in [0.25, 0.3) is 5.92 Å². The number of hydrogen-bond acceptors (Lipinski definition) is 0. The maximum atomic E-state index is 13.9. The lowest BCUT2D eigenvalue weighted by molar-refractivity contribution is -0.179. The maximum Gasteiger partial charge on any atom is 0.284 e. The van der Waals surface area contributed by atoms with Crippen molar-refractivity contribution in [3.63, 3.8) is 0 Å². The highest BCUT2D eigenvalue weighted by Crippen LogP contribution is 2.47. The Morgan fingerprint density at radius 3 is 1.73 bits per heavy atom. The molecule has 0 amide bonds. The van der Waals surface area contributed by atoms with Crippen molar-refractivity contribution in [2.75, 3.05) is 0 Å². The number of halogens is 3. The van der Waals surface area contributed by atoms with Crippen LogP contribution in [0.2, 0.25) is 0 Å². The molecule has 0 saturated carbocycles. The van der Waals surface area contributed by atoms with Gasteiger partial charge >= 0.3 is 0 Å². The van der Waals surface area contributed by atoms with E-state index in [1.165, 1.54) is 6.92 Å². The second-order valence-corrected chi connectivity index (χ2v) is 4.68. The van der Waals surface area contributed by atoms with E-state index < -0.39 is 23.4 Å². The van der Waals surface area contributed by atoms with Crippen molar-refractivity contribution < 1.29 is 13.2 Å². The third kappa shape index (κ3) is 2.67. The molecule has 0 aliphatic carbocycles.